The fourth-order valence-electron chi connectivity index (χ4n) is 3.66. The van der Waals surface area contributed by atoms with Crippen LogP contribution >= 0.6 is 11.6 Å². The number of esters is 1. The maximum atomic E-state index is 13.3. The van der Waals surface area contributed by atoms with Crippen LogP contribution in [0.4, 0.5) is 10.1 Å². The van der Waals surface area contributed by atoms with Gasteiger partial charge in [0.15, 0.2) is 12.2 Å². The highest BCUT2D eigenvalue weighted by atomic mass is 35.5. The molecule has 1 N–H and O–H groups in total. The number of anilines is 1. The normalized spacial score (nSPS) is 11.0. The van der Waals surface area contributed by atoms with Crippen molar-refractivity contribution in [2.24, 2.45) is 0 Å². The van der Waals surface area contributed by atoms with Gasteiger partial charge in [0.25, 0.3) is 5.91 Å². The molecule has 0 atom stereocenters. The van der Waals surface area contributed by atoms with Crippen molar-refractivity contribution < 1.29 is 23.1 Å². The topological polar surface area (TPSA) is 81.4 Å². The van der Waals surface area contributed by atoms with Gasteiger partial charge in [0, 0.05) is 16.6 Å². The van der Waals surface area contributed by atoms with E-state index in [2.05, 4.69) is 10.3 Å². The lowest BCUT2D eigenvalue weighted by molar-refractivity contribution is -0.119. The van der Waals surface area contributed by atoms with Gasteiger partial charge in [0.1, 0.15) is 11.3 Å². The maximum absolute atomic E-state index is 13.3. The van der Waals surface area contributed by atoms with E-state index in [4.69, 9.17) is 20.8 Å². The third-order valence-electron chi connectivity index (χ3n) is 5.19. The molecule has 0 fully saturated rings. The molecule has 0 spiro atoms. The van der Waals surface area contributed by atoms with E-state index < -0.39 is 24.3 Å². The van der Waals surface area contributed by atoms with Gasteiger partial charge < -0.3 is 14.5 Å². The average Bonchev–Trinajstić information content (AvgIpc) is 3.28. The second kappa shape index (κ2) is 8.96. The minimum absolute atomic E-state index is 0.128. The van der Waals surface area contributed by atoms with E-state index in [1.165, 1.54) is 12.1 Å². The highest BCUT2D eigenvalue weighted by Crippen LogP contribution is 2.33. The van der Waals surface area contributed by atoms with Crippen LogP contribution in [0.2, 0.25) is 5.02 Å². The lowest BCUT2D eigenvalue weighted by atomic mass is 9.99. The van der Waals surface area contributed by atoms with Crippen molar-refractivity contribution in [3.05, 3.63) is 95.3 Å². The van der Waals surface area contributed by atoms with Crippen LogP contribution in [0.15, 0.2) is 83.3 Å². The van der Waals surface area contributed by atoms with Gasteiger partial charge in [-0.05, 0) is 47.9 Å². The van der Waals surface area contributed by atoms with E-state index in [1.54, 1.807) is 12.1 Å². The molecule has 0 aliphatic heterocycles. The monoisotopic (exact) mass is 474 g/mol. The molecule has 0 aliphatic carbocycles. The minimum atomic E-state index is -0.679. The van der Waals surface area contributed by atoms with E-state index >= 15 is 0 Å². The van der Waals surface area contributed by atoms with E-state index in [1.807, 2.05) is 48.5 Å². The van der Waals surface area contributed by atoms with Gasteiger partial charge in [-0.2, -0.15) is 0 Å². The summed E-state index contributed by atoms with van der Waals surface area (Å²) in [7, 11) is 0. The van der Waals surface area contributed by atoms with E-state index in [0.717, 1.165) is 11.5 Å². The largest absolute Gasteiger partial charge is 0.452 e. The van der Waals surface area contributed by atoms with Crippen molar-refractivity contribution in [1.29, 1.82) is 0 Å². The Balaban J connectivity index is 1.41. The first-order valence-corrected chi connectivity index (χ1v) is 10.7. The third kappa shape index (κ3) is 4.21. The molecule has 6 nitrogen and oxygen atoms in total. The highest BCUT2D eigenvalue weighted by molar-refractivity contribution is 6.31. The Labute approximate surface area is 197 Å². The number of halogens is 2. The van der Waals surface area contributed by atoms with Gasteiger partial charge in [-0.25, -0.2) is 14.2 Å². The van der Waals surface area contributed by atoms with Crippen LogP contribution in [-0.4, -0.2) is 23.5 Å². The highest BCUT2D eigenvalue weighted by Gasteiger charge is 2.19. The van der Waals surface area contributed by atoms with Crippen molar-refractivity contribution in [2.45, 2.75) is 0 Å². The zero-order chi connectivity index (χ0) is 23.7. The molecule has 0 bridgehead atoms. The molecule has 0 radical (unpaired) electrons. The number of amides is 1. The van der Waals surface area contributed by atoms with Crippen LogP contribution < -0.4 is 5.32 Å². The summed E-state index contributed by atoms with van der Waals surface area (Å²) in [6.07, 6.45) is 0. The number of oxazole rings is 1. The molecule has 0 unspecified atom stereocenters. The van der Waals surface area contributed by atoms with Crippen molar-refractivity contribution in [2.75, 3.05) is 11.9 Å². The fraction of sp³-hybridized carbons (Fsp3) is 0.0385. The summed E-state index contributed by atoms with van der Waals surface area (Å²) >= 11 is 5.73. The number of fused-ring (bicyclic) bond motifs is 2. The van der Waals surface area contributed by atoms with E-state index in [9.17, 15) is 14.0 Å². The SMILES string of the molecule is O=C(COC(=O)c1cccc2cccc(-c3nc4ccccc4o3)c12)Nc1ccc(F)c(Cl)c1. The van der Waals surface area contributed by atoms with Crippen molar-refractivity contribution in [3.8, 4) is 11.5 Å². The molecule has 34 heavy (non-hydrogen) atoms. The molecular formula is C26H16ClFN2O4. The average molecular weight is 475 g/mol. The van der Waals surface area contributed by atoms with Crippen LogP contribution in [0.25, 0.3) is 33.3 Å². The summed E-state index contributed by atoms with van der Waals surface area (Å²) in [6, 6.07) is 21.9. The number of nitrogens with one attached hydrogen (secondary N) is 1. The Morgan fingerprint density at radius 2 is 1.79 bits per heavy atom. The van der Waals surface area contributed by atoms with Crippen LogP contribution in [-0.2, 0) is 9.53 Å². The minimum Gasteiger partial charge on any atom is -0.452 e. The Kier molecular flexibility index (Phi) is 5.69. The van der Waals surface area contributed by atoms with Crippen LogP contribution in [0.5, 0.6) is 0 Å². The predicted molar refractivity (Wildman–Crippen MR) is 127 cm³/mol. The molecule has 5 rings (SSSR count). The summed E-state index contributed by atoms with van der Waals surface area (Å²) in [5, 5.41) is 3.78. The Morgan fingerprint density at radius 3 is 2.59 bits per heavy atom. The second-order valence-corrected chi connectivity index (χ2v) is 7.86. The van der Waals surface area contributed by atoms with Gasteiger partial charge in [0.05, 0.1) is 10.6 Å². The number of carbonyl (C=O) groups excluding carboxylic acids is 2. The number of hydrogen-bond donors (Lipinski definition) is 1. The zero-order valence-corrected chi connectivity index (χ0v) is 18.3. The molecule has 8 heteroatoms. The molecule has 1 heterocycles. The summed E-state index contributed by atoms with van der Waals surface area (Å²) < 4.78 is 24.5. The lowest BCUT2D eigenvalue weighted by Crippen LogP contribution is -2.21. The smallest absolute Gasteiger partial charge is 0.339 e. The van der Waals surface area contributed by atoms with Crippen LogP contribution in [0.1, 0.15) is 10.4 Å². The molecule has 1 aromatic heterocycles. The molecule has 5 aromatic rings. The number of carbonyl (C=O) groups is 2. The summed E-state index contributed by atoms with van der Waals surface area (Å²) in [5.41, 5.74) is 2.52. The van der Waals surface area contributed by atoms with Gasteiger partial charge in [-0.3, -0.25) is 4.79 Å². The Hall–Kier alpha value is -4.23. The van der Waals surface area contributed by atoms with Crippen molar-refractivity contribution in [1.82, 2.24) is 4.98 Å². The van der Waals surface area contributed by atoms with Crippen molar-refractivity contribution in [3.63, 3.8) is 0 Å². The first-order chi connectivity index (χ1) is 16.5. The summed E-state index contributed by atoms with van der Waals surface area (Å²) in [6.45, 7) is -0.532. The molecule has 0 saturated carbocycles. The fourth-order valence-corrected chi connectivity index (χ4v) is 3.84. The number of para-hydroxylation sites is 2. The molecule has 0 saturated heterocycles. The molecule has 1 amide bonds. The second-order valence-electron chi connectivity index (χ2n) is 7.45. The summed E-state index contributed by atoms with van der Waals surface area (Å²) in [5.74, 6) is -1.49. The molecule has 168 valence electrons. The first kappa shape index (κ1) is 21.6. The van der Waals surface area contributed by atoms with Gasteiger partial charge in [-0.15, -0.1) is 0 Å². The van der Waals surface area contributed by atoms with E-state index in [-0.39, 0.29) is 16.3 Å². The van der Waals surface area contributed by atoms with E-state index in [0.29, 0.717) is 27.9 Å². The van der Waals surface area contributed by atoms with Gasteiger partial charge in [-0.1, -0.05) is 48.0 Å². The zero-order valence-electron chi connectivity index (χ0n) is 17.5. The number of rotatable bonds is 5. The quantitative estimate of drug-likeness (QED) is 0.305. The molecule has 0 aliphatic rings. The molecule has 4 aromatic carbocycles. The number of hydrogen-bond acceptors (Lipinski definition) is 5. The standard InChI is InChI=1S/C26H16ClFN2O4/c27-19-13-16(11-12-20(19)28)29-23(31)14-33-26(32)18-8-4-6-15-5-3-7-17(24(15)18)25-30-21-9-1-2-10-22(21)34-25/h1-13H,14H2,(H,29,31). The Morgan fingerprint density at radius 1 is 1.00 bits per heavy atom. The van der Waals surface area contributed by atoms with Crippen LogP contribution in [0, 0.1) is 5.82 Å². The van der Waals surface area contributed by atoms with Crippen molar-refractivity contribution >= 4 is 51.0 Å². The number of benzene rings is 4. The summed E-state index contributed by atoms with van der Waals surface area (Å²) in [4.78, 5) is 29.7. The van der Waals surface area contributed by atoms with Gasteiger partial charge >= 0.3 is 5.97 Å². The number of aromatic nitrogens is 1. The van der Waals surface area contributed by atoms with Crippen LogP contribution in [0.3, 0.4) is 0 Å². The Bertz CT molecular complexity index is 1530. The number of nitrogens with zero attached hydrogens (tertiary/aromatic N) is 1. The predicted octanol–water partition coefficient (Wildman–Crippen LogP) is 6.24. The third-order valence-corrected chi connectivity index (χ3v) is 5.48. The number of ether oxygens (including phenoxy) is 1. The maximum Gasteiger partial charge on any atom is 0.339 e. The first-order valence-electron chi connectivity index (χ1n) is 10.3. The van der Waals surface area contributed by atoms with Gasteiger partial charge in [0.2, 0.25) is 5.89 Å². The molecular weight excluding hydrogens is 459 g/mol. The lowest BCUT2D eigenvalue weighted by Gasteiger charge is -2.10.